The van der Waals surface area contributed by atoms with Gasteiger partial charge in [0.2, 0.25) is 0 Å². The molecule has 0 spiro atoms. The van der Waals surface area contributed by atoms with Gasteiger partial charge in [0.15, 0.2) is 0 Å². The van der Waals surface area contributed by atoms with Crippen molar-refractivity contribution in [2.75, 3.05) is 12.4 Å². The maximum atomic E-state index is 12.2. The minimum absolute atomic E-state index is 0.0876. The average Bonchev–Trinajstić information content (AvgIpc) is 2.47. The van der Waals surface area contributed by atoms with Crippen LogP contribution in [-0.4, -0.2) is 17.9 Å². The van der Waals surface area contributed by atoms with Crippen LogP contribution in [0.3, 0.4) is 0 Å². The smallest absolute Gasteiger partial charge is 0.291 e. The third-order valence-corrected chi connectivity index (χ3v) is 3.60. The highest BCUT2D eigenvalue weighted by atomic mass is 79.9. The fourth-order valence-electron chi connectivity index (χ4n) is 1.77. The molecule has 2 aromatic carbocycles. The second-order valence-electron chi connectivity index (χ2n) is 4.23. The number of ether oxygens (including phenoxy) is 1. The Labute approximate surface area is 139 Å². The van der Waals surface area contributed by atoms with Crippen LogP contribution in [0.1, 0.15) is 10.4 Å². The Bertz CT molecular complexity index is 752. The number of amides is 1. The summed E-state index contributed by atoms with van der Waals surface area (Å²) >= 11 is 9.13. The maximum Gasteiger partial charge on any atom is 0.291 e. The van der Waals surface area contributed by atoms with Gasteiger partial charge in [0.25, 0.3) is 11.6 Å². The first-order chi connectivity index (χ1) is 10.4. The van der Waals surface area contributed by atoms with Crippen LogP contribution < -0.4 is 10.1 Å². The Hall–Kier alpha value is -2.12. The Kier molecular flexibility index (Phi) is 4.99. The summed E-state index contributed by atoms with van der Waals surface area (Å²) < 4.78 is 5.82. The number of nitro benzene ring substituents is 1. The molecule has 114 valence electrons. The van der Waals surface area contributed by atoms with E-state index in [1.54, 1.807) is 24.3 Å². The van der Waals surface area contributed by atoms with Crippen molar-refractivity contribution in [3.05, 3.63) is 61.6 Å². The van der Waals surface area contributed by atoms with Crippen LogP contribution in [-0.2, 0) is 0 Å². The Morgan fingerprint density at radius 2 is 2.09 bits per heavy atom. The number of carbonyl (C=O) groups excluding carboxylic acids is 1. The molecule has 0 radical (unpaired) electrons. The summed E-state index contributed by atoms with van der Waals surface area (Å²) in [6.07, 6.45) is 0. The second kappa shape index (κ2) is 6.76. The van der Waals surface area contributed by atoms with Gasteiger partial charge < -0.3 is 10.1 Å². The van der Waals surface area contributed by atoms with Crippen LogP contribution >= 0.6 is 27.5 Å². The highest BCUT2D eigenvalue weighted by molar-refractivity contribution is 9.10. The van der Waals surface area contributed by atoms with Gasteiger partial charge in [-0.05, 0) is 24.3 Å². The third kappa shape index (κ3) is 3.55. The first kappa shape index (κ1) is 16.3. The Balaban J connectivity index is 2.35. The molecule has 0 fully saturated rings. The monoisotopic (exact) mass is 384 g/mol. The van der Waals surface area contributed by atoms with Crippen LogP contribution in [0.2, 0.25) is 5.02 Å². The fourth-order valence-corrected chi connectivity index (χ4v) is 2.41. The van der Waals surface area contributed by atoms with Crippen molar-refractivity contribution in [2.45, 2.75) is 0 Å². The summed E-state index contributed by atoms with van der Waals surface area (Å²) in [7, 11) is 1.35. The molecule has 0 unspecified atom stereocenters. The van der Waals surface area contributed by atoms with Crippen LogP contribution in [0.15, 0.2) is 40.9 Å². The van der Waals surface area contributed by atoms with Gasteiger partial charge in [-0.1, -0.05) is 33.6 Å². The molecule has 22 heavy (non-hydrogen) atoms. The van der Waals surface area contributed by atoms with E-state index in [2.05, 4.69) is 21.2 Å². The lowest BCUT2D eigenvalue weighted by Gasteiger charge is -2.11. The first-order valence-electron chi connectivity index (χ1n) is 6.01. The number of methoxy groups -OCH3 is 1. The minimum atomic E-state index is -0.620. The van der Waals surface area contributed by atoms with E-state index in [1.165, 1.54) is 19.2 Å². The van der Waals surface area contributed by atoms with Crippen molar-refractivity contribution in [3.8, 4) is 5.75 Å². The van der Waals surface area contributed by atoms with Crippen molar-refractivity contribution < 1.29 is 14.5 Å². The molecule has 0 aliphatic rings. The van der Waals surface area contributed by atoms with Crippen LogP contribution in [0.25, 0.3) is 0 Å². The number of anilines is 1. The van der Waals surface area contributed by atoms with Gasteiger partial charge in [0, 0.05) is 10.0 Å². The molecule has 1 N–H and O–H groups in total. The molecule has 2 aromatic rings. The lowest BCUT2D eigenvalue weighted by atomic mass is 10.2. The Morgan fingerprint density at radius 1 is 1.36 bits per heavy atom. The number of nitrogens with zero attached hydrogens (tertiary/aromatic N) is 1. The zero-order chi connectivity index (χ0) is 16.3. The van der Waals surface area contributed by atoms with Gasteiger partial charge in [-0.3, -0.25) is 14.9 Å². The summed E-state index contributed by atoms with van der Waals surface area (Å²) in [5.74, 6) is -0.232. The summed E-state index contributed by atoms with van der Waals surface area (Å²) in [5.41, 5.74) is 0.382. The average molecular weight is 386 g/mol. The summed E-state index contributed by atoms with van der Waals surface area (Å²) in [4.78, 5) is 22.4. The van der Waals surface area contributed by atoms with E-state index in [4.69, 9.17) is 16.3 Å². The van der Waals surface area contributed by atoms with Gasteiger partial charge in [-0.15, -0.1) is 0 Å². The molecule has 0 heterocycles. The van der Waals surface area contributed by atoms with Crippen molar-refractivity contribution in [1.82, 2.24) is 0 Å². The topological polar surface area (TPSA) is 81.5 Å². The van der Waals surface area contributed by atoms with Crippen molar-refractivity contribution in [3.63, 3.8) is 0 Å². The fraction of sp³-hybridized carbons (Fsp3) is 0.0714. The van der Waals surface area contributed by atoms with Crippen molar-refractivity contribution in [2.24, 2.45) is 0 Å². The van der Waals surface area contributed by atoms with Crippen LogP contribution in [0, 0.1) is 10.1 Å². The van der Waals surface area contributed by atoms with E-state index < -0.39 is 4.92 Å². The first-order valence-corrected chi connectivity index (χ1v) is 7.18. The number of carbonyl (C=O) groups is 1. The molecule has 2 rings (SSSR count). The van der Waals surface area contributed by atoms with Gasteiger partial charge in [-0.25, -0.2) is 0 Å². The summed E-state index contributed by atoms with van der Waals surface area (Å²) in [5, 5.41) is 13.4. The predicted octanol–water partition coefficient (Wildman–Crippen LogP) is 4.27. The van der Waals surface area contributed by atoms with Gasteiger partial charge in [0.05, 0.1) is 23.8 Å². The Morgan fingerprint density at radius 3 is 2.68 bits per heavy atom. The zero-order valence-electron chi connectivity index (χ0n) is 11.3. The predicted molar refractivity (Wildman–Crippen MR) is 86.8 cm³/mol. The number of nitro groups is 1. The van der Waals surface area contributed by atoms with E-state index in [1.807, 2.05) is 0 Å². The van der Waals surface area contributed by atoms with Crippen LogP contribution in [0.4, 0.5) is 11.4 Å². The largest absolute Gasteiger partial charge is 0.494 e. The lowest BCUT2D eigenvalue weighted by molar-refractivity contribution is -0.384. The number of nitrogens with one attached hydrogen (secondary N) is 1. The molecule has 6 nitrogen and oxygen atoms in total. The maximum absolute atomic E-state index is 12.2. The van der Waals surface area contributed by atoms with E-state index in [9.17, 15) is 14.9 Å². The van der Waals surface area contributed by atoms with Gasteiger partial charge in [0.1, 0.15) is 10.8 Å². The number of hydrogen-bond donors (Lipinski definition) is 1. The molecule has 0 atom stereocenters. The standard InChI is InChI=1S/C14H10BrClN2O4/c1-22-13-7-12(18(20)21)10(16)6-11(13)17-14(19)8-3-2-4-9(15)5-8/h2-7H,1H3,(H,17,19). The molecular weight excluding hydrogens is 376 g/mol. The van der Waals surface area contributed by atoms with Crippen LogP contribution in [0.5, 0.6) is 5.75 Å². The molecular formula is C14H10BrClN2O4. The molecule has 0 aromatic heterocycles. The molecule has 8 heteroatoms. The molecule has 0 bridgehead atoms. The normalized spacial score (nSPS) is 10.1. The number of benzene rings is 2. The molecule has 0 aliphatic carbocycles. The minimum Gasteiger partial charge on any atom is -0.494 e. The van der Waals surface area contributed by atoms with E-state index >= 15 is 0 Å². The zero-order valence-corrected chi connectivity index (χ0v) is 13.6. The van der Waals surface area contributed by atoms with Crippen molar-refractivity contribution in [1.29, 1.82) is 0 Å². The highest BCUT2D eigenvalue weighted by Crippen LogP contribution is 2.35. The summed E-state index contributed by atoms with van der Waals surface area (Å²) in [6.45, 7) is 0. The van der Waals surface area contributed by atoms with E-state index in [-0.39, 0.29) is 28.1 Å². The SMILES string of the molecule is COc1cc([N+](=O)[O-])c(Cl)cc1NC(=O)c1cccc(Br)c1. The summed E-state index contributed by atoms with van der Waals surface area (Å²) in [6, 6.07) is 9.25. The molecule has 0 saturated heterocycles. The molecule has 0 saturated carbocycles. The lowest BCUT2D eigenvalue weighted by Crippen LogP contribution is -2.12. The quantitative estimate of drug-likeness (QED) is 0.629. The van der Waals surface area contributed by atoms with Crippen molar-refractivity contribution >= 4 is 44.8 Å². The van der Waals surface area contributed by atoms with E-state index in [0.29, 0.717) is 5.56 Å². The molecule has 1 amide bonds. The third-order valence-electron chi connectivity index (χ3n) is 2.80. The van der Waals surface area contributed by atoms with E-state index in [0.717, 1.165) is 4.47 Å². The number of hydrogen-bond acceptors (Lipinski definition) is 4. The van der Waals surface area contributed by atoms with Gasteiger partial charge in [-0.2, -0.15) is 0 Å². The second-order valence-corrected chi connectivity index (χ2v) is 5.55. The molecule has 0 aliphatic heterocycles. The van der Waals surface area contributed by atoms with Gasteiger partial charge >= 0.3 is 0 Å². The highest BCUT2D eigenvalue weighted by Gasteiger charge is 2.19. The number of halogens is 2. The number of rotatable bonds is 4.